The van der Waals surface area contributed by atoms with E-state index in [-0.39, 0.29) is 36.7 Å². The maximum absolute atomic E-state index is 13.6. The van der Waals surface area contributed by atoms with Crippen LogP contribution in [0.2, 0.25) is 0 Å². The number of carbonyl (C=O) groups is 3. The maximum atomic E-state index is 13.6. The molecule has 2 fully saturated rings. The van der Waals surface area contributed by atoms with Gasteiger partial charge in [0, 0.05) is 12.2 Å². The number of carboxylic acids is 1. The number of piperidine rings is 1. The second-order valence-electron chi connectivity index (χ2n) is 10.5. The van der Waals surface area contributed by atoms with Crippen molar-refractivity contribution in [3.63, 3.8) is 0 Å². The highest BCUT2D eigenvalue weighted by molar-refractivity contribution is 5.92. The number of likely N-dealkylation sites (tertiary alicyclic amines) is 1. The Bertz CT molecular complexity index is 857. The van der Waals surface area contributed by atoms with Crippen molar-refractivity contribution >= 4 is 17.8 Å². The second kappa shape index (κ2) is 9.61. The predicted molar refractivity (Wildman–Crippen MR) is 122 cm³/mol. The fourth-order valence-electron chi connectivity index (χ4n) is 5.88. The number of hydrogen-bond acceptors (Lipinski definition) is 5. The molecule has 1 saturated carbocycles. The molecule has 4 atom stereocenters. The van der Waals surface area contributed by atoms with Gasteiger partial charge in [0.2, 0.25) is 5.91 Å². The van der Waals surface area contributed by atoms with E-state index in [0.29, 0.717) is 12.2 Å². The van der Waals surface area contributed by atoms with Crippen LogP contribution in [-0.4, -0.2) is 53.7 Å². The number of esters is 1. The fraction of sp³-hybridized carbons (Fsp3) is 0.731. The van der Waals surface area contributed by atoms with Gasteiger partial charge in [-0.2, -0.15) is 0 Å². The quantitative estimate of drug-likeness (QED) is 0.434. The van der Waals surface area contributed by atoms with E-state index in [2.05, 4.69) is 19.9 Å². The molecule has 2 heterocycles. The van der Waals surface area contributed by atoms with Crippen LogP contribution in [0.25, 0.3) is 0 Å². The zero-order valence-corrected chi connectivity index (χ0v) is 20.0. The highest BCUT2D eigenvalue weighted by Crippen LogP contribution is 2.56. The van der Waals surface area contributed by atoms with Gasteiger partial charge in [0.15, 0.2) is 0 Å². The molecule has 0 bridgehead atoms. The van der Waals surface area contributed by atoms with Crippen molar-refractivity contribution in [3.05, 3.63) is 23.4 Å². The van der Waals surface area contributed by atoms with Gasteiger partial charge in [-0.3, -0.25) is 14.4 Å². The standard InChI is InChI=1S/C26H37NO6/c1-16(2)20-14-21-26(25(31)32-3,23(33-20)18-9-10-18)15-19(13-22(28)29)24(30)27(21)12-11-17-7-5-4-6-8-17/h7,14,16,18-20,23H,4-6,8-13,15H2,1-3H3,(H,28,29)/t19-,20-,23-,26-/m0/s1. The average molecular weight is 460 g/mol. The molecule has 33 heavy (non-hydrogen) atoms. The number of amides is 1. The molecule has 7 nitrogen and oxygen atoms in total. The third-order valence-corrected chi connectivity index (χ3v) is 7.76. The molecule has 4 aliphatic rings. The first kappa shape index (κ1) is 24.0. The Morgan fingerprint density at radius 3 is 2.64 bits per heavy atom. The topological polar surface area (TPSA) is 93.1 Å². The lowest BCUT2D eigenvalue weighted by Crippen LogP contribution is -2.61. The monoisotopic (exact) mass is 459 g/mol. The van der Waals surface area contributed by atoms with Gasteiger partial charge in [0.05, 0.1) is 31.7 Å². The SMILES string of the molecule is COC(=O)[C@@]12C[C@H](CC(=O)O)C(=O)N(CCC3=CCCCC3)C1=C[C@@H](C(C)C)O[C@H]2C1CC1. The first-order valence-electron chi connectivity index (χ1n) is 12.4. The van der Waals surface area contributed by atoms with E-state index in [0.717, 1.165) is 38.5 Å². The van der Waals surface area contributed by atoms with E-state index in [1.807, 2.05) is 6.08 Å². The number of aliphatic carboxylic acids is 1. The highest BCUT2D eigenvalue weighted by Gasteiger charge is 2.63. The van der Waals surface area contributed by atoms with Gasteiger partial charge in [0.1, 0.15) is 5.41 Å². The van der Waals surface area contributed by atoms with Crippen LogP contribution < -0.4 is 0 Å². The number of rotatable bonds is 8. The highest BCUT2D eigenvalue weighted by atomic mass is 16.5. The fourth-order valence-corrected chi connectivity index (χ4v) is 5.88. The van der Waals surface area contributed by atoms with E-state index in [9.17, 15) is 19.5 Å². The van der Waals surface area contributed by atoms with Gasteiger partial charge in [-0.25, -0.2) is 0 Å². The van der Waals surface area contributed by atoms with E-state index >= 15 is 0 Å². The molecule has 1 N–H and O–H groups in total. The molecule has 0 spiro atoms. The molecule has 2 aliphatic carbocycles. The third kappa shape index (κ3) is 4.61. The van der Waals surface area contributed by atoms with Crippen LogP contribution in [0.4, 0.5) is 0 Å². The number of methoxy groups -OCH3 is 1. The predicted octanol–water partition coefficient (Wildman–Crippen LogP) is 4.08. The van der Waals surface area contributed by atoms with Crippen molar-refractivity contribution in [2.75, 3.05) is 13.7 Å². The Morgan fingerprint density at radius 1 is 1.30 bits per heavy atom. The molecular weight excluding hydrogens is 422 g/mol. The number of hydrogen-bond donors (Lipinski definition) is 1. The van der Waals surface area contributed by atoms with Crippen molar-refractivity contribution in [3.8, 4) is 0 Å². The van der Waals surface area contributed by atoms with Crippen molar-refractivity contribution in [2.24, 2.45) is 23.2 Å². The molecule has 182 valence electrons. The van der Waals surface area contributed by atoms with E-state index in [1.54, 1.807) is 4.90 Å². The van der Waals surface area contributed by atoms with Gasteiger partial charge >= 0.3 is 11.9 Å². The first-order chi connectivity index (χ1) is 15.8. The van der Waals surface area contributed by atoms with Crippen LogP contribution in [0.15, 0.2) is 23.4 Å². The van der Waals surface area contributed by atoms with Crippen LogP contribution >= 0.6 is 0 Å². The number of fused-ring (bicyclic) bond motifs is 1. The van der Waals surface area contributed by atoms with Crippen molar-refractivity contribution in [1.29, 1.82) is 0 Å². The number of ether oxygens (including phenoxy) is 2. The summed E-state index contributed by atoms with van der Waals surface area (Å²) < 4.78 is 11.9. The van der Waals surface area contributed by atoms with Gasteiger partial charge in [-0.15, -0.1) is 0 Å². The van der Waals surface area contributed by atoms with Crippen LogP contribution in [0.5, 0.6) is 0 Å². The molecular formula is C26H37NO6. The number of carboxylic acid groups (broad SMARTS) is 1. The smallest absolute Gasteiger partial charge is 0.320 e. The summed E-state index contributed by atoms with van der Waals surface area (Å²) in [4.78, 5) is 40.5. The van der Waals surface area contributed by atoms with Crippen LogP contribution in [0.1, 0.15) is 71.6 Å². The summed E-state index contributed by atoms with van der Waals surface area (Å²) in [6, 6.07) is 0. The number of nitrogens with zero attached hydrogens (tertiary/aromatic N) is 1. The lowest BCUT2D eigenvalue weighted by atomic mass is 9.64. The molecule has 0 aromatic carbocycles. The normalized spacial score (nSPS) is 32.2. The van der Waals surface area contributed by atoms with Crippen LogP contribution in [-0.2, 0) is 23.9 Å². The lowest BCUT2D eigenvalue weighted by Gasteiger charge is -2.53. The van der Waals surface area contributed by atoms with Crippen molar-refractivity contribution < 1.29 is 29.0 Å². The van der Waals surface area contributed by atoms with Crippen molar-refractivity contribution in [2.45, 2.75) is 83.8 Å². The number of allylic oxidation sites excluding steroid dienone is 1. The molecule has 0 aromatic heterocycles. The summed E-state index contributed by atoms with van der Waals surface area (Å²) in [6.45, 7) is 4.60. The Morgan fingerprint density at radius 2 is 2.06 bits per heavy atom. The van der Waals surface area contributed by atoms with Gasteiger partial charge in [-0.05, 0) is 69.3 Å². The minimum absolute atomic E-state index is 0.127. The van der Waals surface area contributed by atoms with E-state index in [1.165, 1.54) is 19.1 Å². The Balaban J connectivity index is 1.78. The lowest BCUT2D eigenvalue weighted by molar-refractivity contribution is -0.182. The minimum Gasteiger partial charge on any atom is -0.481 e. The van der Waals surface area contributed by atoms with Gasteiger partial charge < -0.3 is 19.5 Å². The molecule has 1 amide bonds. The summed E-state index contributed by atoms with van der Waals surface area (Å²) in [5, 5.41) is 9.54. The second-order valence-corrected chi connectivity index (χ2v) is 10.5. The Labute approximate surface area is 196 Å². The Kier molecular flexibility index (Phi) is 6.99. The number of carbonyl (C=O) groups excluding carboxylic acids is 2. The molecule has 7 heteroatoms. The van der Waals surface area contributed by atoms with E-state index < -0.39 is 29.4 Å². The molecule has 0 radical (unpaired) electrons. The van der Waals surface area contributed by atoms with E-state index in [4.69, 9.17) is 9.47 Å². The summed E-state index contributed by atoms with van der Waals surface area (Å²) in [6.07, 6.45) is 10.5. The summed E-state index contributed by atoms with van der Waals surface area (Å²) in [5.74, 6) is -2.02. The zero-order valence-electron chi connectivity index (χ0n) is 20.0. The summed E-state index contributed by atoms with van der Waals surface area (Å²) >= 11 is 0. The summed E-state index contributed by atoms with van der Waals surface area (Å²) in [7, 11) is 1.37. The van der Waals surface area contributed by atoms with Crippen molar-refractivity contribution in [1.82, 2.24) is 4.90 Å². The molecule has 1 saturated heterocycles. The Hall–Kier alpha value is -2.15. The average Bonchev–Trinajstić information content (AvgIpc) is 3.63. The first-order valence-corrected chi connectivity index (χ1v) is 12.4. The maximum Gasteiger partial charge on any atom is 0.320 e. The minimum atomic E-state index is -1.14. The molecule has 0 aromatic rings. The largest absolute Gasteiger partial charge is 0.481 e. The van der Waals surface area contributed by atoms with Gasteiger partial charge in [-0.1, -0.05) is 25.5 Å². The molecule has 2 aliphatic heterocycles. The zero-order chi connectivity index (χ0) is 23.8. The summed E-state index contributed by atoms with van der Waals surface area (Å²) in [5.41, 5.74) is 0.875. The van der Waals surface area contributed by atoms with Gasteiger partial charge in [0.25, 0.3) is 0 Å². The molecule has 4 rings (SSSR count). The van der Waals surface area contributed by atoms with Crippen LogP contribution in [0, 0.1) is 23.2 Å². The molecule has 0 unspecified atom stereocenters. The van der Waals surface area contributed by atoms with Crippen LogP contribution in [0.3, 0.4) is 0 Å². The third-order valence-electron chi connectivity index (χ3n) is 7.76.